The first-order chi connectivity index (χ1) is 11.3. The molecule has 0 N–H and O–H groups in total. The lowest BCUT2D eigenvalue weighted by Crippen LogP contribution is -2.39. The molecule has 2 aliphatic heterocycles. The largest absolute Gasteiger partial charge is 0.341 e. The Kier molecular flexibility index (Phi) is 4.31. The van der Waals surface area contributed by atoms with Gasteiger partial charge < -0.3 is 9.80 Å². The summed E-state index contributed by atoms with van der Waals surface area (Å²) in [4.78, 5) is 21.0. The molecular weight excluding hydrogens is 306 g/mol. The predicted molar refractivity (Wildman–Crippen MR) is 93.8 cm³/mol. The third kappa shape index (κ3) is 3.26. The maximum Gasteiger partial charge on any atom is 0.222 e. The number of fused-ring (bicyclic) bond motifs is 1. The van der Waals surface area contributed by atoms with E-state index in [4.69, 9.17) is 4.98 Å². The monoisotopic (exact) mass is 329 g/mol. The Bertz CT molecular complexity index is 657. The van der Waals surface area contributed by atoms with Gasteiger partial charge in [0.1, 0.15) is 0 Å². The molecule has 5 heteroatoms. The number of nitrogens with zero attached hydrogens (tertiary/aromatic N) is 3. The Morgan fingerprint density at radius 2 is 1.96 bits per heavy atom. The van der Waals surface area contributed by atoms with Crippen LogP contribution in [0.15, 0.2) is 24.3 Å². The van der Waals surface area contributed by atoms with Gasteiger partial charge in [-0.15, -0.1) is 11.3 Å². The fourth-order valence-corrected chi connectivity index (χ4v) is 4.81. The van der Waals surface area contributed by atoms with Crippen molar-refractivity contribution in [3.8, 4) is 0 Å². The van der Waals surface area contributed by atoms with Gasteiger partial charge >= 0.3 is 0 Å². The third-order valence-corrected chi connectivity index (χ3v) is 6.30. The van der Waals surface area contributed by atoms with Crippen molar-refractivity contribution >= 4 is 27.5 Å². The molecule has 2 aromatic rings. The van der Waals surface area contributed by atoms with E-state index in [1.807, 2.05) is 16.2 Å². The maximum atomic E-state index is 11.7. The van der Waals surface area contributed by atoms with Gasteiger partial charge in [-0.25, -0.2) is 4.98 Å². The van der Waals surface area contributed by atoms with Crippen molar-refractivity contribution in [2.24, 2.45) is 0 Å². The van der Waals surface area contributed by atoms with Gasteiger partial charge in [-0.05, 0) is 44.5 Å². The van der Waals surface area contributed by atoms with E-state index in [1.54, 1.807) is 0 Å². The molecule has 0 spiro atoms. The number of carbonyl (C=O) groups is 1. The predicted octanol–water partition coefficient (Wildman–Crippen LogP) is 3.10. The Balaban J connectivity index is 1.31. The minimum Gasteiger partial charge on any atom is -0.341 e. The number of thiazole rings is 1. The number of hydrogen-bond acceptors (Lipinski definition) is 4. The van der Waals surface area contributed by atoms with E-state index in [1.165, 1.54) is 22.5 Å². The zero-order valence-corrected chi connectivity index (χ0v) is 14.2. The van der Waals surface area contributed by atoms with E-state index in [9.17, 15) is 4.79 Å². The van der Waals surface area contributed by atoms with E-state index >= 15 is 0 Å². The Labute approximate surface area is 141 Å². The smallest absolute Gasteiger partial charge is 0.222 e. The summed E-state index contributed by atoms with van der Waals surface area (Å²) < 4.78 is 1.30. The van der Waals surface area contributed by atoms with Crippen LogP contribution in [0.1, 0.15) is 36.6 Å². The molecular formula is C18H23N3OS. The van der Waals surface area contributed by atoms with Gasteiger partial charge in [0.2, 0.25) is 5.91 Å². The summed E-state index contributed by atoms with van der Waals surface area (Å²) in [5.41, 5.74) is 1.14. The second-order valence-electron chi connectivity index (χ2n) is 6.62. The van der Waals surface area contributed by atoms with E-state index in [0.29, 0.717) is 11.8 Å². The van der Waals surface area contributed by atoms with Gasteiger partial charge in [-0.3, -0.25) is 4.79 Å². The third-order valence-electron chi connectivity index (χ3n) is 5.10. The van der Waals surface area contributed by atoms with E-state index in [0.717, 1.165) is 51.1 Å². The molecule has 0 radical (unpaired) electrons. The number of rotatable bonds is 4. The molecule has 0 saturated carbocycles. The Hall–Kier alpha value is -1.46. The molecule has 23 heavy (non-hydrogen) atoms. The first-order valence-electron chi connectivity index (χ1n) is 8.65. The summed E-state index contributed by atoms with van der Waals surface area (Å²) in [7, 11) is 0. The summed E-state index contributed by atoms with van der Waals surface area (Å²) in [6.45, 7) is 5.15. The number of likely N-dealkylation sites (tertiary alicyclic amines) is 2. The van der Waals surface area contributed by atoms with E-state index in [-0.39, 0.29) is 0 Å². The lowest BCUT2D eigenvalue weighted by molar-refractivity contribution is -0.127. The van der Waals surface area contributed by atoms with Crippen molar-refractivity contribution < 1.29 is 4.79 Å². The summed E-state index contributed by atoms with van der Waals surface area (Å²) >= 11 is 1.86. The SMILES string of the molecule is O=C1CCCN1CCN1CCC(c2nc3ccccc3s2)CC1. The van der Waals surface area contributed by atoms with Crippen LogP contribution in [0.2, 0.25) is 0 Å². The first-order valence-corrected chi connectivity index (χ1v) is 9.47. The molecule has 3 heterocycles. The van der Waals surface area contributed by atoms with Crippen LogP contribution in [0.3, 0.4) is 0 Å². The molecule has 2 saturated heterocycles. The molecule has 1 aromatic heterocycles. The average molecular weight is 329 g/mol. The van der Waals surface area contributed by atoms with Crippen molar-refractivity contribution in [3.63, 3.8) is 0 Å². The highest BCUT2D eigenvalue weighted by molar-refractivity contribution is 7.18. The number of hydrogen-bond donors (Lipinski definition) is 0. The molecule has 122 valence electrons. The number of piperidine rings is 1. The van der Waals surface area contributed by atoms with Crippen molar-refractivity contribution in [3.05, 3.63) is 29.3 Å². The van der Waals surface area contributed by atoms with Crippen LogP contribution < -0.4 is 0 Å². The summed E-state index contributed by atoms with van der Waals surface area (Å²) in [6.07, 6.45) is 4.17. The van der Waals surface area contributed by atoms with Gasteiger partial charge in [0, 0.05) is 32.0 Å². The summed E-state index contributed by atoms with van der Waals surface area (Å²) in [5, 5.41) is 1.31. The molecule has 0 aliphatic carbocycles. The molecule has 0 unspecified atom stereocenters. The van der Waals surface area contributed by atoms with Crippen LogP contribution in [0.25, 0.3) is 10.2 Å². The van der Waals surface area contributed by atoms with Crippen molar-refractivity contribution in [1.82, 2.24) is 14.8 Å². The summed E-state index contributed by atoms with van der Waals surface area (Å²) in [6, 6.07) is 8.43. The number of carbonyl (C=O) groups excluding carboxylic acids is 1. The zero-order chi connectivity index (χ0) is 15.6. The highest BCUT2D eigenvalue weighted by atomic mass is 32.1. The van der Waals surface area contributed by atoms with Gasteiger partial charge in [0.05, 0.1) is 15.2 Å². The highest BCUT2D eigenvalue weighted by Gasteiger charge is 2.25. The van der Waals surface area contributed by atoms with Crippen molar-refractivity contribution in [1.29, 1.82) is 0 Å². The molecule has 4 nitrogen and oxygen atoms in total. The van der Waals surface area contributed by atoms with Gasteiger partial charge in [-0.1, -0.05) is 12.1 Å². The van der Waals surface area contributed by atoms with E-state index < -0.39 is 0 Å². The average Bonchev–Trinajstić information content (AvgIpc) is 3.19. The summed E-state index contributed by atoms with van der Waals surface area (Å²) in [5.74, 6) is 0.950. The minimum absolute atomic E-state index is 0.342. The molecule has 1 aromatic carbocycles. The molecule has 4 rings (SSSR count). The number of aromatic nitrogens is 1. The van der Waals surface area contributed by atoms with Crippen LogP contribution in [0.5, 0.6) is 0 Å². The fourth-order valence-electron chi connectivity index (χ4n) is 3.67. The van der Waals surface area contributed by atoms with Crippen molar-refractivity contribution in [2.45, 2.75) is 31.6 Å². The molecule has 2 aliphatic rings. The van der Waals surface area contributed by atoms with Crippen LogP contribution >= 0.6 is 11.3 Å². The molecule has 2 fully saturated rings. The van der Waals surface area contributed by atoms with Gasteiger partial charge in [0.25, 0.3) is 0 Å². The van der Waals surface area contributed by atoms with Crippen LogP contribution in [0, 0.1) is 0 Å². The standard InChI is InChI=1S/C18H23N3OS/c22-17-6-3-9-21(17)13-12-20-10-7-14(8-11-20)18-19-15-4-1-2-5-16(15)23-18/h1-2,4-5,14H,3,6-13H2. The first kappa shape index (κ1) is 15.1. The fraction of sp³-hybridized carbons (Fsp3) is 0.556. The number of amides is 1. The minimum atomic E-state index is 0.342. The van der Waals surface area contributed by atoms with Gasteiger partial charge in [0.15, 0.2) is 0 Å². The lowest BCUT2D eigenvalue weighted by atomic mass is 9.97. The topological polar surface area (TPSA) is 36.4 Å². The second-order valence-corrected chi connectivity index (χ2v) is 7.68. The van der Waals surface area contributed by atoms with E-state index in [2.05, 4.69) is 29.2 Å². The molecule has 0 bridgehead atoms. The van der Waals surface area contributed by atoms with Crippen molar-refractivity contribution in [2.75, 3.05) is 32.7 Å². The van der Waals surface area contributed by atoms with Crippen LogP contribution in [-0.2, 0) is 4.79 Å². The number of para-hydroxylation sites is 1. The Morgan fingerprint density at radius 3 is 2.70 bits per heavy atom. The maximum absolute atomic E-state index is 11.7. The second kappa shape index (κ2) is 6.57. The normalized spacial score (nSPS) is 20.7. The Morgan fingerprint density at radius 1 is 1.13 bits per heavy atom. The zero-order valence-electron chi connectivity index (χ0n) is 13.4. The van der Waals surface area contributed by atoms with Crippen LogP contribution in [-0.4, -0.2) is 53.4 Å². The highest BCUT2D eigenvalue weighted by Crippen LogP contribution is 2.33. The van der Waals surface area contributed by atoms with Crippen LogP contribution in [0.4, 0.5) is 0 Å². The molecule has 1 amide bonds. The molecule has 0 atom stereocenters. The quantitative estimate of drug-likeness (QED) is 0.865. The van der Waals surface area contributed by atoms with Gasteiger partial charge in [-0.2, -0.15) is 0 Å². The number of benzene rings is 1. The lowest BCUT2D eigenvalue weighted by Gasteiger charge is -2.32.